The number of halogens is 2. The molecule has 0 saturated heterocycles. The maximum atomic E-state index is 14.6. The van der Waals surface area contributed by atoms with Crippen LogP contribution in [0.25, 0.3) is 21.9 Å². The van der Waals surface area contributed by atoms with E-state index in [-0.39, 0.29) is 23.8 Å². The first-order chi connectivity index (χ1) is 13.5. The molecule has 1 N–H and O–H groups in total. The van der Waals surface area contributed by atoms with E-state index in [0.717, 1.165) is 23.6 Å². The lowest BCUT2D eigenvalue weighted by atomic mass is 9.94. The van der Waals surface area contributed by atoms with Crippen molar-refractivity contribution in [3.8, 4) is 11.1 Å². The average Bonchev–Trinajstić information content (AvgIpc) is 3.53. The minimum absolute atomic E-state index is 0.00151. The third kappa shape index (κ3) is 3.72. The number of anilines is 1. The number of rotatable bonds is 6. The molecule has 1 aliphatic rings. The van der Waals surface area contributed by atoms with Crippen LogP contribution in [0.4, 0.5) is 14.6 Å². The fourth-order valence-electron chi connectivity index (χ4n) is 3.34. The van der Waals surface area contributed by atoms with E-state index in [4.69, 9.17) is 0 Å². The predicted molar refractivity (Wildman–Crippen MR) is 105 cm³/mol. The number of carbonyl (C=O) groups is 1. The Morgan fingerprint density at radius 1 is 1.18 bits per heavy atom. The van der Waals surface area contributed by atoms with E-state index < -0.39 is 5.92 Å². The van der Waals surface area contributed by atoms with E-state index in [1.54, 1.807) is 25.3 Å². The molecule has 1 aromatic carbocycles. The van der Waals surface area contributed by atoms with Gasteiger partial charge >= 0.3 is 0 Å². The Morgan fingerprint density at radius 3 is 2.75 bits per heavy atom. The largest absolute Gasteiger partial charge is 0.310 e. The molecule has 28 heavy (non-hydrogen) atoms. The molecule has 0 radical (unpaired) electrons. The van der Waals surface area contributed by atoms with Crippen LogP contribution in [0, 0.1) is 5.92 Å². The Labute approximate surface area is 162 Å². The number of fused-ring (bicyclic) bond motifs is 1. The van der Waals surface area contributed by atoms with Crippen LogP contribution in [0.15, 0.2) is 48.9 Å². The summed E-state index contributed by atoms with van der Waals surface area (Å²) in [6, 6.07) is 8.68. The van der Waals surface area contributed by atoms with Crippen molar-refractivity contribution in [2.45, 2.75) is 38.5 Å². The Hall–Kier alpha value is -2.89. The van der Waals surface area contributed by atoms with Crippen LogP contribution >= 0.6 is 0 Å². The van der Waals surface area contributed by atoms with Crippen molar-refractivity contribution >= 4 is 22.5 Å². The normalized spacial score (nSPS) is 14.2. The number of benzene rings is 1. The first kappa shape index (κ1) is 18.5. The molecule has 1 saturated carbocycles. The first-order valence-electron chi connectivity index (χ1n) is 9.51. The molecule has 0 unspecified atom stereocenters. The highest BCUT2D eigenvalue weighted by molar-refractivity contribution is 5.96. The van der Waals surface area contributed by atoms with E-state index in [1.807, 2.05) is 12.1 Å². The van der Waals surface area contributed by atoms with Crippen LogP contribution in [0.3, 0.4) is 0 Å². The second-order valence-corrected chi connectivity index (χ2v) is 7.27. The van der Waals surface area contributed by atoms with Gasteiger partial charge in [-0.1, -0.05) is 25.5 Å². The highest BCUT2D eigenvalue weighted by atomic mass is 19.3. The Bertz CT molecular complexity index is 1030. The number of nitrogens with one attached hydrogen (secondary N) is 1. The summed E-state index contributed by atoms with van der Waals surface area (Å²) < 4.78 is 29.2. The van der Waals surface area contributed by atoms with Gasteiger partial charge in [-0.2, -0.15) is 0 Å². The average molecular weight is 381 g/mol. The van der Waals surface area contributed by atoms with Gasteiger partial charge in [0.05, 0.1) is 0 Å². The van der Waals surface area contributed by atoms with E-state index in [9.17, 15) is 13.6 Å². The molecular formula is C22H21F2N3O. The molecule has 144 valence electrons. The van der Waals surface area contributed by atoms with Crippen LogP contribution in [0.2, 0.25) is 0 Å². The van der Waals surface area contributed by atoms with Crippen LogP contribution in [0.1, 0.15) is 38.2 Å². The van der Waals surface area contributed by atoms with Gasteiger partial charge in [0.15, 0.2) is 0 Å². The van der Waals surface area contributed by atoms with Gasteiger partial charge in [-0.05, 0) is 42.0 Å². The summed E-state index contributed by atoms with van der Waals surface area (Å²) in [4.78, 5) is 20.3. The molecule has 0 aliphatic heterocycles. The quantitative estimate of drug-likeness (QED) is 0.610. The lowest BCUT2D eigenvalue weighted by Crippen LogP contribution is -2.14. The maximum Gasteiger partial charge on any atom is 0.273 e. The summed E-state index contributed by atoms with van der Waals surface area (Å²) in [5.74, 6) is -2.29. The monoisotopic (exact) mass is 381 g/mol. The fraction of sp³-hybridized carbons (Fsp3) is 0.318. The van der Waals surface area contributed by atoms with E-state index in [1.165, 1.54) is 18.5 Å². The van der Waals surface area contributed by atoms with Crippen LogP contribution in [0.5, 0.6) is 0 Å². The molecule has 0 bridgehead atoms. The first-order valence-corrected chi connectivity index (χ1v) is 9.51. The van der Waals surface area contributed by atoms with E-state index >= 15 is 0 Å². The highest BCUT2D eigenvalue weighted by Gasteiger charge is 2.33. The lowest BCUT2D eigenvalue weighted by Gasteiger charge is -2.19. The Morgan fingerprint density at radius 2 is 2.00 bits per heavy atom. The third-order valence-corrected chi connectivity index (χ3v) is 5.01. The number of nitrogens with zero attached hydrogens (tertiary/aromatic N) is 2. The zero-order valence-electron chi connectivity index (χ0n) is 15.6. The second kappa shape index (κ2) is 7.26. The third-order valence-electron chi connectivity index (χ3n) is 5.01. The summed E-state index contributed by atoms with van der Waals surface area (Å²) in [5, 5.41) is 4.53. The lowest BCUT2D eigenvalue weighted by molar-refractivity contribution is -0.117. The van der Waals surface area contributed by atoms with Crippen molar-refractivity contribution in [3.63, 3.8) is 0 Å². The molecule has 3 aromatic rings. The standard InChI is InChI=1S/C22H21F2N3O/c1-2-8-22(23,24)19-7-9-25-13-18(19)16-6-5-15-11-20(26-12-17(15)10-16)27-21(28)14-3-4-14/h5-7,9-14H,2-4,8H2,1H3,(H,26,27,28). The highest BCUT2D eigenvalue weighted by Crippen LogP contribution is 2.39. The smallest absolute Gasteiger partial charge is 0.273 e. The van der Waals surface area contributed by atoms with Crippen molar-refractivity contribution in [2.75, 3.05) is 5.32 Å². The number of carbonyl (C=O) groups excluding carboxylic acids is 1. The number of alkyl halides is 2. The van der Waals surface area contributed by atoms with Gasteiger partial charge in [0, 0.05) is 47.4 Å². The summed E-state index contributed by atoms with van der Waals surface area (Å²) >= 11 is 0. The molecule has 1 amide bonds. The zero-order valence-corrected chi connectivity index (χ0v) is 15.6. The van der Waals surface area contributed by atoms with Gasteiger partial charge in [0.1, 0.15) is 5.82 Å². The van der Waals surface area contributed by atoms with Crippen molar-refractivity contribution in [3.05, 3.63) is 54.5 Å². The summed E-state index contributed by atoms with van der Waals surface area (Å²) in [6.45, 7) is 1.75. The minimum atomic E-state index is -2.91. The van der Waals surface area contributed by atoms with Crippen LogP contribution in [-0.2, 0) is 10.7 Å². The van der Waals surface area contributed by atoms with Gasteiger partial charge < -0.3 is 5.32 Å². The van der Waals surface area contributed by atoms with E-state index in [2.05, 4.69) is 15.3 Å². The molecule has 4 rings (SSSR count). The summed E-state index contributed by atoms with van der Waals surface area (Å²) in [7, 11) is 0. The van der Waals surface area contributed by atoms with Crippen molar-refractivity contribution in [2.24, 2.45) is 5.92 Å². The predicted octanol–water partition coefficient (Wildman–Crippen LogP) is 5.54. The zero-order chi connectivity index (χ0) is 19.7. The molecule has 4 nitrogen and oxygen atoms in total. The van der Waals surface area contributed by atoms with Crippen LogP contribution in [-0.4, -0.2) is 15.9 Å². The summed E-state index contributed by atoms with van der Waals surface area (Å²) in [5.41, 5.74) is 1.09. The molecule has 2 heterocycles. The van der Waals surface area contributed by atoms with Gasteiger partial charge in [-0.3, -0.25) is 9.78 Å². The minimum Gasteiger partial charge on any atom is -0.310 e. The molecule has 0 spiro atoms. The number of hydrogen-bond acceptors (Lipinski definition) is 3. The molecule has 2 aromatic heterocycles. The summed E-state index contributed by atoms with van der Waals surface area (Å²) in [6.07, 6.45) is 6.59. The topological polar surface area (TPSA) is 54.9 Å². The second-order valence-electron chi connectivity index (χ2n) is 7.27. The van der Waals surface area contributed by atoms with Crippen molar-refractivity contribution < 1.29 is 13.6 Å². The van der Waals surface area contributed by atoms with Gasteiger partial charge in [-0.15, -0.1) is 0 Å². The SMILES string of the molecule is CCCC(F)(F)c1ccncc1-c1ccc2cc(NC(=O)C3CC3)ncc2c1. The van der Waals surface area contributed by atoms with E-state index in [0.29, 0.717) is 23.4 Å². The molecule has 6 heteroatoms. The maximum absolute atomic E-state index is 14.6. The number of amides is 1. The Balaban J connectivity index is 1.68. The van der Waals surface area contributed by atoms with Crippen molar-refractivity contribution in [1.82, 2.24) is 9.97 Å². The number of pyridine rings is 2. The van der Waals surface area contributed by atoms with Crippen LogP contribution < -0.4 is 5.32 Å². The molecule has 1 fully saturated rings. The number of hydrogen-bond donors (Lipinski definition) is 1. The molecule has 0 atom stereocenters. The Kier molecular flexibility index (Phi) is 4.79. The van der Waals surface area contributed by atoms with Gasteiger partial charge in [0.2, 0.25) is 5.91 Å². The van der Waals surface area contributed by atoms with Gasteiger partial charge in [0.25, 0.3) is 5.92 Å². The van der Waals surface area contributed by atoms with Crippen molar-refractivity contribution in [1.29, 1.82) is 0 Å². The molecular weight excluding hydrogens is 360 g/mol. The molecule has 1 aliphatic carbocycles. The van der Waals surface area contributed by atoms with Gasteiger partial charge in [-0.25, -0.2) is 13.8 Å². The fourth-order valence-corrected chi connectivity index (χ4v) is 3.34. The number of aromatic nitrogens is 2.